The molecule has 0 saturated carbocycles. The van der Waals surface area contributed by atoms with Crippen molar-refractivity contribution < 1.29 is 4.79 Å². The highest BCUT2D eigenvalue weighted by Crippen LogP contribution is 2.28. The molecule has 1 aromatic heterocycles. The van der Waals surface area contributed by atoms with Crippen molar-refractivity contribution in [2.75, 3.05) is 24.3 Å². The van der Waals surface area contributed by atoms with Crippen LogP contribution in [0.2, 0.25) is 10.0 Å². The van der Waals surface area contributed by atoms with Crippen LogP contribution in [-0.2, 0) is 4.79 Å². The zero-order valence-electron chi connectivity index (χ0n) is 9.18. The van der Waals surface area contributed by atoms with Crippen molar-refractivity contribution in [3.05, 3.63) is 16.1 Å². The molecule has 0 aliphatic heterocycles. The quantitative estimate of drug-likeness (QED) is 0.480. The van der Waals surface area contributed by atoms with Crippen LogP contribution in [0.5, 0.6) is 0 Å². The highest BCUT2D eigenvalue weighted by molar-refractivity contribution is 6.37. The third-order valence-corrected chi connectivity index (χ3v) is 2.57. The van der Waals surface area contributed by atoms with Gasteiger partial charge >= 0.3 is 0 Å². The van der Waals surface area contributed by atoms with Crippen molar-refractivity contribution in [3.63, 3.8) is 0 Å². The van der Waals surface area contributed by atoms with E-state index < -0.39 is 0 Å². The lowest BCUT2D eigenvalue weighted by molar-refractivity contribution is -0.120. The number of pyridine rings is 1. The lowest BCUT2D eigenvalue weighted by Gasteiger charge is -2.10. The molecule has 0 bridgehead atoms. The van der Waals surface area contributed by atoms with Crippen molar-refractivity contribution in [3.8, 4) is 0 Å². The number of hydrogen-bond donors (Lipinski definition) is 4. The molecular weight excluding hydrogens is 265 g/mol. The lowest BCUT2D eigenvalue weighted by Crippen LogP contribution is -2.21. The van der Waals surface area contributed by atoms with Crippen LogP contribution < -0.4 is 21.9 Å². The number of nitrogens with one attached hydrogen (secondary N) is 3. The van der Waals surface area contributed by atoms with Gasteiger partial charge in [-0.3, -0.25) is 4.79 Å². The van der Waals surface area contributed by atoms with Gasteiger partial charge in [-0.15, -0.1) is 0 Å². The maximum Gasteiger partial charge on any atom is 0.221 e. The summed E-state index contributed by atoms with van der Waals surface area (Å²) in [5.74, 6) is 5.91. The fourth-order valence-corrected chi connectivity index (χ4v) is 1.59. The van der Waals surface area contributed by atoms with E-state index >= 15 is 0 Å². The summed E-state index contributed by atoms with van der Waals surface area (Å²) in [5.41, 5.74) is 2.35. The average Bonchev–Trinajstić information content (AvgIpc) is 2.31. The number of nitrogens with zero attached hydrogens (tertiary/aromatic N) is 1. The number of nitrogens with two attached hydrogens (primary N) is 1. The second kappa shape index (κ2) is 6.48. The van der Waals surface area contributed by atoms with Crippen LogP contribution in [0, 0.1) is 0 Å². The first-order valence-corrected chi connectivity index (χ1v) is 5.61. The molecule has 94 valence electrons. The molecule has 0 atom stereocenters. The molecule has 0 radical (unpaired) electrons. The van der Waals surface area contributed by atoms with E-state index in [4.69, 9.17) is 29.0 Å². The van der Waals surface area contributed by atoms with Crippen LogP contribution >= 0.6 is 23.2 Å². The van der Waals surface area contributed by atoms with Gasteiger partial charge in [0.25, 0.3) is 0 Å². The van der Waals surface area contributed by atoms with E-state index in [9.17, 15) is 4.79 Å². The SMILES string of the molecule is CNC(=O)CCNc1nc(NN)c(Cl)cc1Cl. The van der Waals surface area contributed by atoms with E-state index in [1.807, 2.05) is 0 Å². The minimum atomic E-state index is -0.0697. The Bertz CT molecular complexity index is 413. The fourth-order valence-electron chi connectivity index (χ4n) is 1.11. The van der Waals surface area contributed by atoms with Crippen molar-refractivity contribution in [1.29, 1.82) is 0 Å². The lowest BCUT2D eigenvalue weighted by atomic mass is 10.4. The predicted octanol–water partition coefficient (Wildman–Crippen LogP) is 1.22. The summed E-state index contributed by atoms with van der Waals surface area (Å²) in [6.45, 7) is 0.415. The third kappa shape index (κ3) is 3.92. The highest BCUT2D eigenvalue weighted by Gasteiger charge is 2.08. The minimum Gasteiger partial charge on any atom is -0.368 e. The maximum absolute atomic E-state index is 11.0. The molecule has 8 heteroatoms. The van der Waals surface area contributed by atoms with Gasteiger partial charge in [0.15, 0.2) is 5.82 Å². The number of carbonyl (C=O) groups is 1. The van der Waals surface area contributed by atoms with Gasteiger partial charge in [-0.25, -0.2) is 10.8 Å². The molecule has 0 aliphatic carbocycles. The Hall–Kier alpha value is -1.24. The molecule has 0 spiro atoms. The largest absolute Gasteiger partial charge is 0.368 e. The summed E-state index contributed by atoms with van der Waals surface area (Å²) in [4.78, 5) is 15.1. The number of anilines is 2. The highest BCUT2D eigenvalue weighted by atomic mass is 35.5. The van der Waals surface area contributed by atoms with Gasteiger partial charge in [-0.05, 0) is 6.07 Å². The van der Waals surface area contributed by atoms with Crippen LogP contribution in [0.1, 0.15) is 6.42 Å². The van der Waals surface area contributed by atoms with E-state index in [0.717, 1.165) is 0 Å². The molecule has 1 aromatic rings. The molecule has 0 fully saturated rings. The molecule has 6 nitrogen and oxygen atoms in total. The number of amides is 1. The second-order valence-electron chi connectivity index (χ2n) is 3.14. The zero-order chi connectivity index (χ0) is 12.8. The molecule has 17 heavy (non-hydrogen) atoms. The molecule has 5 N–H and O–H groups in total. The Morgan fingerprint density at radius 3 is 2.65 bits per heavy atom. The summed E-state index contributed by atoms with van der Waals surface area (Å²) >= 11 is 11.8. The molecular formula is C9H13Cl2N5O. The van der Waals surface area contributed by atoms with Crippen LogP contribution in [0.3, 0.4) is 0 Å². The monoisotopic (exact) mass is 277 g/mol. The van der Waals surface area contributed by atoms with Gasteiger partial charge in [-0.1, -0.05) is 23.2 Å². The Morgan fingerprint density at radius 1 is 1.41 bits per heavy atom. The summed E-state index contributed by atoms with van der Waals surface area (Å²) in [7, 11) is 1.58. The Balaban J connectivity index is 2.67. The normalized spacial score (nSPS) is 9.88. The molecule has 0 saturated heterocycles. The van der Waals surface area contributed by atoms with Crippen LogP contribution in [0.4, 0.5) is 11.6 Å². The first-order chi connectivity index (χ1) is 8.08. The van der Waals surface area contributed by atoms with E-state index in [1.165, 1.54) is 6.07 Å². The number of carbonyl (C=O) groups excluding carboxylic acids is 1. The number of nitrogen functional groups attached to an aromatic ring is 1. The molecule has 0 unspecified atom stereocenters. The standard InChI is InChI=1S/C9H13Cl2N5O/c1-13-7(17)2-3-14-8-5(10)4-6(11)9(15-8)16-12/h4H,2-3,12H2,1H3,(H,13,17)(H2,14,15,16). The first kappa shape index (κ1) is 13.8. The number of aromatic nitrogens is 1. The van der Waals surface area contributed by atoms with Crippen LogP contribution in [0.25, 0.3) is 0 Å². The number of hydrazine groups is 1. The Morgan fingerprint density at radius 2 is 2.06 bits per heavy atom. The summed E-state index contributed by atoms with van der Waals surface area (Å²) in [6.07, 6.45) is 0.322. The molecule has 1 rings (SSSR count). The summed E-state index contributed by atoms with van der Waals surface area (Å²) in [6, 6.07) is 1.52. The van der Waals surface area contributed by atoms with Gasteiger partial charge in [0.2, 0.25) is 5.91 Å². The molecule has 1 heterocycles. The van der Waals surface area contributed by atoms with Crippen LogP contribution in [0.15, 0.2) is 6.07 Å². The Labute approximate surface area is 109 Å². The first-order valence-electron chi connectivity index (χ1n) is 4.85. The smallest absolute Gasteiger partial charge is 0.221 e. The molecule has 1 amide bonds. The van der Waals surface area contributed by atoms with E-state index in [0.29, 0.717) is 34.6 Å². The van der Waals surface area contributed by atoms with E-state index in [-0.39, 0.29) is 5.91 Å². The van der Waals surface area contributed by atoms with Crippen molar-refractivity contribution in [2.24, 2.45) is 5.84 Å². The van der Waals surface area contributed by atoms with Gasteiger partial charge in [0.05, 0.1) is 10.0 Å². The maximum atomic E-state index is 11.0. The van der Waals surface area contributed by atoms with Crippen molar-refractivity contribution in [1.82, 2.24) is 10.3 Å². The van der Waals surface area contributed by atoms with Gasteiger partial charge in [-0.2, -0.15) is 0 Å². The number of hydrogen-bond acceptors (Lipinski definition) is 5. The average molecular weight is 278 g/mol. The van der Waals surface area contributed by atoms with Gasteiger partial charge in [0.1, 0.15) is 5.82 Å². The zero-order valence-corrected chi connectivity index (χ0v) is 10.7. The van der Waals surface area contributed by atoms with Crippen LogP contribution in [-0.4, -0.2) is 24.5 Å². The van der Waals surface area contributed by atoms with Gasteiger partial charge < -0.3 is 16.1 Å². The van der Waals surface area contributed by atoms with E-state index in [2.05, 4.69) is 21.0 Å². The van der Waals surface area contributed by atoms with Crippen molar-refractivity contribution >= 4 is 40.7 Å². The Kier molecular flexibility index (Phi) is 5.27. The van der Waals surface area contributed by atoms with Crippen molar-refractivity contribution in [2.45, 2.75) is 6.42 Å². The number of halogens is 2. The molecule has 0 aromatic carbocycles. The minimum absolute atomic E-state index is 0.0697. The second-order valence-corrected chi connectivity index (χ2v) is 3.96. The van der Waals surface area contributed by atoms with Gasteiger partial charge in [0, 0.05) is 20.0 Å². The number of rotatable bonds is 5. The fraction of sp³-hybridized carbons (Fsp3) is 0.333. The summed E-state index contributed by atoms with van der Waals surface area (Å²) in [5, 5.41) is 6.13. The molecule has 0 aliphatic rings. The summed E-state index contributed by atoms with van der Waals surface area (Å²) < 4.78 is 0. The van der Waals surface area contributed by atoms with E-state index in [1.54, 1.807) is 7.05 Å². The topological polar surface area (TPSA) is 92.1 Å². The predicted molar refractivity (Wildman–Crippen MR) is 69.2 cm³/mol. The third-order valence-electron chi connectivity index (χ3n) is 1.99.